The Morgan fingerprint density at radius 2 is 2.20 bits per heavy atom. The van der Waals surface area contributed by atoms with E-state index in [-0.39, 0.29) is 24.5 Å². The van der Waals surface area contributed by atoms with Gasteiger partial charge < -0.3 is 14.6 Å². The van der Waals surface area contributed by atoms with Crippen LogP contribution in [0, 0.1) is 5.82 Å². The number of fused-ring (bicyclic) bond motifs is 2. The van der Waals surface area contributed by atoms with Crippen LogP contribution >= 0.6 is 11.3 Å². The number of nitrogens with zero attached hydrogens (tertiary/aromatic N) is 1. The molecule has 0 aliphatic carbocycles. The van der Waals surface area contributed by atoms with Gasteiger partial charge in [0.05, 0.1) is 7.11 Å². The highest BCUT2D eigenvalue weighted by Crippen LogP contribution is 2.39. The molecule has 2 unspecified atom stereocenters. The van der Waals surface area contributed by atoms with E-state index in [0.717, 1.165) is 52.1 Å². The topological polar surface area (TPSA) is 41.9 Å². The molecule has 0 spiro atoms. The van der Waals surface area contributed by atoms with Crippen LogP contribution in [0.25, 0.3) is 10.1 Å². The van der Waals surface area contributed by atoms with E-state index in [2.05, 4.69) is 17.2 Å². The third-order valence-electron chi connectivity index (χ3n) is 5.86. The second kappa shape index (κ2) is 9.33. The van der Waals surface area contributed by atoms with E-state index in [9.17, 15) is 9.50 Å². The summed E-state index contributed by atoms with van der Waals surface area (Å²) < 4.78 is 26.8. The Morgan fingerprint density at radius 3 is 2.97 bits per heavy atom. The average molecular weight is 430 g/mol. The third kappa shape index (κ3) is 4.04. The summed E-state index contributed by atoms with van der Waals surface area (Å²) in [6.07, 6.45) is 2.39. The maximum absolute atomic E-state index is 14.0. The van der Waals surface area contributed by atoms with Gasteiger partial charge in [0, 0.05) is 34.3 Å². The summed E-state index contributed by atoms with van der Waals surface area (Å²) >= 11 is 1.63. The molecule has 1 N–H and O–H groups in total. The maximum Gasteiger partial charge on any atom is 0.126 e. The molecule has 1 aliphatic rings. The molecule has 4 nitrogen and oxygen atoms in total. The summed E-state index contributed by atoms with van der Waals surface area (Å²) in [4.78, 5) is 2.43. The molecule has 0 saturated heterocycles. The van der Waals surface area contributed by atoms with Gasteiger partial charge in [-0.25, -0.2) is 4.39 Å². The van der Waals surface area contributed by atoms with Crippen LogP contribution in [0.5, 0.6) is 11.5 Å². The fourth-order valence-corrected chi connectivity index (χ4v) is 5.51. The Hall–Kier alpha value is -2.15. The molecule has 30 heavy (non-hydrogen) atoms. The van der Waals surface area contributed by atoms with E-state index in [0.29, 0.717) is 13.0 Å². The highest BCUT2D eigenvalue weighted by molar-refractivity contribution is 7.17. The normalized spacial score (nSPS) is 17.0. The van der Waals surface area contributed by atoms with Crippen molar-refractivity contribution >= 4 is 21.4 Å². The molecule has 160 valence electrons. The van der Waals surface area contributed by atoms with Crippen molar-refractivity contribution in [3.8, 4) is 11.5 Å². The number of ether oxygens (including phenoxy) is 2. The Kier molecular flexibility index (Phi) is 6.56. The molecule has 2 heterocycles. The molecular formula is C24H28FNO3S. The van der Waals surface area contributed by atoms with Crippen molar-refractivity contribution in [3.05, 3.63) is 58.7 Å². The minimum Gasteiger partial charge on any atom is -0.496 e. The maximum atomic E-state index is 14.0. The standard InChI is InChI=1S/C24H28FNO3S/c1-3-10-26(17-13-19-22(28-2)5-4-6-23(19)29-14-17)21(9-11-27)20-15-30-24-8-7-16(25)12-18(20)24/h4-8,12,15,17,21,27H,3,9-11,13-14H2,1-2H3. The van der Waals surface area contributed by atoms with Gasteiger partial charge in [-0.05, 0) is 67.1 Å². The second-order valence-electron chi connectivity index (χ2n) is 7.70. The molecule has 0 bridgehead atoms. The van der Waals surface area contributed by atoms with E-state index in [4.69, 9.17) is 9.47 Å². The van der Waals surface area contributed by atoms with Crippen molar-refractivity contribution in [2.24, 2.45) is 0 Å². The van der Waals surface area contributed by atoms with Crippen LogP contribution in [0.4, 0.5) is 4.39 Å². The lowest BCUT2D eigenvalue weighted by Crippen LogP contribution is -2.45. The lowest BCUT2D eigenvalue weighted by Gasteiger charge is -2.40. The fourth-order valence-electron chi connectivity index (χ4n) is 4.52. The molecule has 2 aromatic carbocycles. The van der Waals surface area contributed by atoms with E-state index in [1.165, 1.54) is 6.07 Å². The van der Waals surface area contributed by atoms with Gasteiger partial charge in [-0.15, -0.1) is 11.3 Å². The number of aliphatic hydroxyl groups excluding tert-OH is 1. The second-order valence-corrected chi connectivity index (χ2v) is 8.61. The van der Waals surface area contributed by atoms with E-state index < -0.39 is 0 Å². The molecule has 0 amide bonds. The summed E-state index contributed by atoms with van der Waals surface area (Å²) in [5.41, 5.74) is 2.17. The highest BCUT2D eigenvalue weighted by atomic mass is 32.1. The smallest absolute Gasteiger partial charge is 0.126 e. The van der Waals surface area contributed by atoms with Crippen LogP contribution in [0.3, 0.4) is 0 Å². The molecule has 3 aromatic rings. The van der Waals surface area contributed by atoms with E-state index in [1.54, 1.807) is 24.5 Å². The zero-order chi connectivity index (χ0) is 21.1. The largest absolute Gasteiger partial charge is 0.496 e. The Morgan fingerprint density at radius 1 is 1.33 bits per heavy atom. The van der Waals surface area contributed by atoms with Crippen molar-refractivity contribution in [2.75, 3.05) is 26.9 Å². The van der Waals surface area contributed by atoms with Gasteiger partial charge >= 0.3 is 0 Å². The fraction of sp³-hybridized carbons (Fsp3) is 0.417. The van der Waals surface area contributed by atoms with Crippen molar-refractivity contribution in [2.45, 2.75) is 38.3 Å². The van der Waals surface area contributed by atoms with Gasteiger partial charge in [0.1, 0.15) is 23.9 Å². The monoisotopic (exact) mass is 429 g/mol. The molecule has 1 aromatic heterocycles. The predicted octanol–water partition coefficient (Wildman–Crippen LogP) is 5.19. The molecule has 4 rings (SSSR count). The number of methoxy groups -OCH3 is 1. The number of halogens is 1. The summed E-state index contributed by atoms with van der Waals surface area (Å²) in [6, 6.07) is 11.0. The number of benzene rings is 2. The SMILES string of the molecule is CCCN(C1COc2cccc(OC)c2C1)C(CCO)c1csc2ccc(F)cc12. The van der Waals surface area contributed by atoms with Crippen LogP contribution < -0.4 is 9.47 Å². The first-order valence-corrected chi connectivity index (χ1v) is 11.4. The lowest BCUT2D eigenvalue weighted by molar-refractivity contribution is 0.0660. The Labute approximate surface area is 180 Å². The number of aliphatic hydroxyl groups is 1. The molecule has 0 radical (unpaired) electrons. The van der Waals surface area contributed by atoms with Crippen molar-refractivity contribution in [1.82, 2.24) is 4.90 Å². The van der Waals surface area contributed by atoms with Crippen LogP contribution in [0.2, 0.25) is 0 Å². The first kappa shape index (κ1) is 21.1. The average Bonchev–Trinajstić information content (AvgIpc) is 3.18. The predicted molar refractivity (Wildman–Crippen MR) is 119 cm³/mol. The molecule has 0 saturated carbocycles. The van der Waals surface area contributed by atoms with Gasteiger partial charge in [0.25, 0.3) is 0 Å². The molecule has 0 fully saturated rings. The van der Waals surface area contributed by atoms with Gasteiger partial charge in [-0.3, -0.25) is 4.90 Å². The van der Waals surface area contributed by atoms with Gasteiger partial charge in [0.15, 0.2) is 0 Å². The number of thiophene rings is 1. The summed E-state index contributed by atoms with van der Waals surface area (Å²) in [6.45, 7) is 3.69. The van der Waals surface area contributed by atoms with Gasteiger partial charge in [-0.2, -0.15) is 0 Å². The first-order valence-electron chi connectivity index (χ1n) is 10.5. The molecule has 6 heteroatoms. The third-order valence-corrected chi connectivity index (χ3v) is 6.84. The summed E-state index contributed by atoms with van der Waals surface area (Å²) in [5, 5.41) is 12.9. The Balaban J connectivity index is 1.71. The number of rotatable bonds is 8. The minimum absolute atomic E-state index is 0.00430. The molecule has 1 aliphatic heterocycles. The number of hydrogen-bond acceptors (Lipinski definition) is 5. The lowest BCUT2D eigenvalue weighted by atomic mass is 9.95. The first-order chi connectivity index (χ1) is 14.7. The Bertz CT molecular complexity index is 991. The van der Waals surface area contributed by atoms with Crippen LogP contribution in [0.1, 0.15) is 36.9 Å². The van der Waals surface area contributed by atoms with Crippen LogP contribution in [-0.2, 0) is 6.42 Å². The van der Waals surface area contributed by atoms with Gasteiger partial charge in [-0.1, -0.05) is 13.0 Å². The van der Waals surface area contributed by atoms with Crippen molar-refractivity contribution in [1.29, 1.82) is 0 Å². The van der Waals surface area contributed by atoms with Crippen LogP contribution in [-0.4, -0.2) is 42.9 Å². The summed E-state index contributed by atoms with van der Waals surface area (Å²) in [5.74, 6) is 1.49. The highest BCUT2D eigenvalue weighted by Gasteiger charge is 2.33. The van der Waals surface area contributed by atoms with Crippen molar-refractivity contribution < 1.29 is 19.0 Å². The van der Waals surface area contributed by atoms with E-state index >= 15 is 0 Å². The van der Waals surface area contributed by atoms with Crippen molar-refractivity contribution in [3.63, 3.8) is 0 Å². The quantitative estimate of drug-likeness (QED) is 0.535. The zero-order valence-electron chi connectivity index (χ0n) is 17.4. The summed E-state index contributed by atoms with van der Waals surface area (Å²) in [7, 11) is 1.68. The van der Waals surface area contributed by atoms with Crippen LogP contribution in [0.15, 0.2) is 41.8 Å². The number of hydrogen-bond donors (Lipinski definition) is 1. The molecular weight excluding hydrogens is 401 g/mol. The van der Waals surface area contributed by atoms with E-state index in [1.807, 2.05) is 24.3 Å². The zero-order valence-corrected chi connectivity index (χ0v) is 18.3. The van der Waals surface area contributed by atoms with Gasteiger partial charge in [0.2, 0.25) is 0 Å². The minimum atomic E-state index is -0.230. The molecule has 2 atom stereocenters.